The molecule has 0 fully saturated rings. The third-order valence-corrected chi connectivity index (χ3v) is 5.96. The highest BCUT2D eigenvalue weighted by molar-refractivity contribution is 8.00. The first-order chi connectivity index (χ1) is 11.6. The Kier molecular flexibility index (Phi) is 5.62. The van der Waals surface area contributed by atoms with Gasteiger partial charge in [-0.2, -0.15) is 0 Å². The summed E-state index contributed by atoms with van der Waals surface area (Å²) in [7, 11) is 0. The number of hydrogen-bond acceptors (Lipinski definition) is 2. The van der Waals surface area contributed by atoms with Gasteiger partial charge in [0.1, 0.15) is 5.25 Å². The maximum absolute atomic E-state index is 12.8. The zero-order chi connectivity index (χ0) is 16.9. The molecule has 126 valence electrons. The molecule has 2 atom stereocenters. The average molecular weight is 340 g/mol. The number of carbonyl (C=O) groups excluding carboxylic acids is 1. The van der Waals surface area contributed by atoms with Gasteiger partial charge in [0, 0.05) is 11.3 Å². The molecule has 1 amide bonds. The predicted molar refractivity (Wildman–Crippen MR) is 102 cm³/mol. The first-order valence-corrected chi connectivity index (χ1v) is 9.68. The molecule has 24 heavy (non-hydrogen) atoms. The Labute approximate surface area is 149 Å². The normalized spacial score (nSPS) is 18.0. The third kappa shape index (κ3) is 4.02. The Morgan fingerprint density at radius 2 is 1.79 bits per heavy atom. The van der Waals surface area contributed by atoms with Crippen molar-refractivity contribution in [1.29, 1.82) is 0 Å². The lowest BCUT2D eigenvalue weighted by molar-refractivity contribution is -0.121. The van der Waals surface area contributed by atoms with Crippen LogP contribution < -0.4 is 5.32 Å². The van der Waals surface area contributed by atoms with Crippen LogP contribution in [0.4, 0.5) is 0 Å². The molecular weight excluding hydrogens is 314 g/mol. The lowest BCUT2D eigenvalue weighted by Gasteiger charge is -2.29. The molecule has 0 radical (unpaired) electrons. The lowest BCUT2D eigenvalue weighted by atomic mass is 9.91. The number of rotatable bonds is 5. The highest BCUT2D eigenvalue weighted by Crippen LogP contribution is 2.46. The van der Waals surface area contributed by atoms with Crippen LogP contribution in [-0.2, 0) is 11.2 Å². The highest BCUT2D eigenvalue weighted by Gasteiger charge is 2.29. The van der Waals surface area contributed by atoms with Crippen molar-refractivity contribution in [2.24, 2.45) is 0 Å². The molecule has 0 aromatic heterocycles. The minimum Gasteiger partial charge on any atom is -0.353 e. The van der Waals surface area contributed by atoms with Gasteiger partial charge in [0.25, 0.3) is 0 Å². The Bertz CT molecular complexity index is 683. The van der Waals surface area contributed by atoms with E-state index in [1.165, 1.54) is 17.5 Å². The van der Waals surface area contributed by atoms with E-state index in [4.69, 9.17) is 0 Å². The van der Waals surface area contributed by atoms with Crippen LogP contribution in [0.5, 0.6) is 0 Å². The zero-order valence-electron chi connectivity index (χ0n) is 14.4. The number of nitrogens with one attached hydrogen (secondary N) is 1. The van der Waals surface area contributed by atoms with Gasteiger partial charge in [0.05, 0.1) is 0 Å². The minimum atomic E-state index is -0.162. The molecule has 0 aliphatic heterocycles. The molecule has 1 aliphatic rings. The summed E-state index contributed by atoms with van der Waals surface area (Å²) in [6, 6.07) is 19.0. The molecule has 0 heterocycles. The molecule has 3 heteroatoms. The molecule has 2 aromatic rings. The van der Waals surface area contributed by atoms with Crippen molar-refractivity contribution < 1.29 is 4.79 Å². The maximum atomic E-state index is 12.8. The van der Waals surface area contributed by atoms with Gasteiger partial charge in [-0.25, -0.2) is 0 Å². The van der Waals surface area contributed by atoms with E-state index in [0.29, 0.717) is 5.25 Å². The second-order valence-electron chi connectivity index (χ2n) is 6.67. The second kappa shape index (κ2) is 7.89. The summed E-state index contributed by atoms with van der Waals surface area (Å²) in [6.45, 7) is 4.03. The van der Waals surface area contributed by atoms with Crippen molar-refractivity contribution in [3.05, 3.63) is 71.3 Å². The number of amides is 1. The summed E-state index contributed by atoms with van der Waals surface area (Å²) < 4.78 is 0. The van der Waals surface area contributed by atoms with Crippen LogP contribution in [0.25, 0.3) is 0 Å². The topological polar surface area (TPSA) is 29.1 Å². The molecule has 2 aromatic carbocycles. The summed E-state index contributed by atoms with van der Waals surface area (Å²) >= 11 is 1.80. The van der Waals surface area contributed by atoms with Gasteiger partial charge in [0.15, 0.2) is 0 Å². The van der Waals surface area contributed by atoms with Crippen molar-refractivity contribution in [3.8, 4) is 0 Å². The minimum absolute atomic E-state index is 0.115. The van der Waals surface area contributed by atoms with Crippen molar-refractivity contribution in [1.82, 2.24) is 5.32 Å². The van der Waals surface area contributed by atoms with Crippen molar-refractivity contribution in [3.63, 3.8) is 0 Å². The van der Waals surface area contributed by atoms with E-state index < -0.39 is 0 Å². The fourth-order valence-corrected chi connectivity index (χ4v) is 4.81. The average Bonchev–Trinajstić information content (AvgIpc) is 2.60. The van der Waals surface area contributed by atoms with E-state index in [1.807, 2.05) is 32.0 Å². The Morgan fingerprint density at radius 1 is 1.08 bits per heavy atom. The van der Waals surface area contributed by atoms with Gasteiger partial charge >= 0.3 is 0 Å². The first kappa shape index (κ1) is 17.1. The molecular formula is C21H25NOS. The standard InChI is InChI=1S/C21H25NOS/c1-15(2)22-21(23)20(17-10-4-3-5-11-17)24-19-14-8-12-16-9-6-7-13-18(16)19/h3-7,9-11,13,15,19-20H,8,12,14H2,1-2H3,(H,22,23). The molecule has 0 saturated heterocycles. The molecule has 2 unspecified atom stereocenters. The molecule has 0 spiro atoms. The van der Waals surface area contributed by atoms with E-state index >= 15 is 0 Å². The van der Waals surface area contributed by atoms with Crippen molar-refractivity contribution in [2.45, 2.75) is 49.7 Å². The summed E-state index contributed by atoms with van der Waals surface area (Å²) in [5.41, 5.74) is 3.94. The number of carbonyl (C=O) groups is 1. The number of hydrogen-bond donors (Lipinski definition) is 1. The lowest BCUT2D eigenvalue weighted by Crippen LogP contribution is -2.34. The molecule has 2 nitrogen and oxygen atoms in total. The van der Waals surface area contributed by atoms with E-state index in [2.05, 4.69) is 41.7 Å². The first-order valence-electron chi connectivity index (χ1n) is 8.73. The van der Waals surface area contributed by atoms with Crippen LogP contribution in [-0.4, -0.2) is 11.9 Å². The summed E-state index contributed by atoms with van der Waals surface area (Å²) in [5, 5.41) is 3.32. The Morgan fingerprint density at radius 3 is 2.54 bits per heavy atom. The fourth-order valence-electron chi connectivity index (χ4n) is 3.29. The van der Waals surface area contributed by atoms with Gasteiger partial charge in [-0.1, -0.05) is 54.6 Å². The zero-order valence-corrected chi connectivity index (χ0v) is 15.2. The number of fused-ring (bicyclic) bond motifs is 1. The molecule has 1 aliphatic carbocycles. The summed E-state index contributed by atoms with van der Waals surface area (Å²) in [5.74, 6) is 0.115. The van der Waals surface area contributed by atoms with E-state index in [1.54, 1.807) is 11.8 Å². The van der Waals surface area contributed by atoms with E-state index in [9.17, 15) is 4.79 Å². The summed E-state index contributed by atoms with van der Waals surface area (Å²) in [4.78, 5) is 12.8. The Balaban J connectivity index is 1.86. The van der Waals surface area contributed by atoms with E-state index in [0.717, 1.165) is 18.4 Å². The quantitative estimate of drug-likeness (QED) is 0.824. The predicted octanol–water partition coefficient (Wildman–Crippen LogP) is 5.06. The summed E-state index contributed by atoms with van der Waals surface area (Å²) in [6.07, 6.45) is 3.49. The fraction of sp³-hybridized carbons (Fsp3) is 0.381. The monoisotopic (exact) mass is 339 g/mol. The van der Waals surface area contributed by atoms with Crippen LogP contribution in [0.2, 0.25) is 0 Å². The SMILES string of the molecule is CC(C)NC(=O)C(SC1CCCc2ccccc21)c1ccccc1. The van der Waals surface area contributed by atoms with E-state index in [-0.39, 0.29) is 17.2 Å². The van der Waals surface area contributed by atoms with Crippen molar-refractivity contribution in [2.75, 3.05) is 0 Å². The van der Waals surface area contributed by atoms with Crippen LogP contribution in [0.3, 0.4) is 0 Å². The van der Waals surface area contributed by atoms with Gasteiger partial charge in [-0.05, 0) is 49.8 Å². The smallest absolute Gasteiger partial charge is 0.237 e. The molecule has 3 rings (SSSR count). The molecule has 0 bridgehead atoms. The van der Waals surface area contributed by atoms with Gasteiger partial charge < -0.3 is 5.32 Å². The number of aryl methyl sites for hydroxylation is 1. The second-order valence-corrected chi connectivity index (χ2v) is 7.98. The number of thioether (sulfide) groups is 1. The van der Waals surface area contributed by atoms with Crippen molar-refractivity contribution >= 4 is 17.7 Å². The number of benzene rings is 2. The van der Waals surface area contributed by atoms with Gasteiger partial charge in [0.2, 0.25) is 5.91 Å². The van der Waals surface area contributed by atoms with Crippen LogP contribution in [0.15, 0.2) is 54.6 Å². The highest BCUT2D eigenvalue weighted by atomic mass is 32.2. The maximum Gasteiger partial charge on any atom is 0.237 e. The third-order valence-electron chi connectivity index (χ3n) is 4.39. The molecule has 1 N–H and O–H groups in total. The Hall–Kier alpha value is -1.74. The largest absolute Gasteiger partial charge is 0.353 e. The van der Waals surface area contributed by atoms with Gasteiger partial charge in [-0.15, -0.1) is 11.8 Å². The van der Waals surface area contributed by atoms with Crippen LogP contribution in [0, 0.1) is 0 Å². The van der Waals surface area contributed by atoms with Crippen LogP contribution >= 0.6 is 11.8 Å². The molecule has 0 saturated carbocycles. The van der Waals surface area contributed by atoms with Gasteiger partial charge in [-0.3, -0.25) is 4.79 Å². The van der Waals surface area contributed by atoms with Crippen LogP contribution in [0.1, 0.15) is 53.9 Å².